The van der Waals surface area contributed by atoms with Crippen LogP contribution in [0.2, 0.25) is 0 Å². The highest BCUT2D eigenvalue weighted by molar-refractivity contribution is 5.95. The van der Waals surface area contributed by atoms with Crippen molar-refractivity contribution in [3.05, 3.63) is 58.4 Å². The van der Waals surface area contributed by atoms with E-state index in [1.54, 1.807) is 39.5 Å². The molecule has 2 amide bonds. The van der Waals surface area contributed by atoms with E-state index in [9.17, 15) is 22.8 Å². The highest BCUT2D eigenvalue weighted by Gasteiger charge is 2.32. The zero-order valence-corrected chi connectivity index (χ0v) is 20.6. The second-order valence-corrected chi connectivity index (χ2v) is 9.86. The molecule has 1 unspecified atom stereocenters. The number of carbonyl (C=O) groups is 2. The normalized spacial score (nSPS) is 15.6. The minimum Gasteiger partial charge on any atom is -0.444 e. The van der Waals surface area contributed by atoms with Crippen LogP contribution in [0.3, 0.4) is 0 Å². The van der Waals surface area contributed by atoms with Crippen LogP contribution in [-0.2, 0) is 11.2 Å². The smallest absolute Gasteiger partial charge is 0.407 e. The number of benzene rings is 1. The Morgan fingerprint density at radius 2 is 1.74 bits per heavy atom. The molecule has 1 aromatic carbocycles. The average Bonchev–Trinajstić information content (AvgIpc) is 2.75. The average molecular weight is 493 g/mol. The van der Waals surface area contributed by atoms with Gasteiger partial charge in [0, 0.05) is 31.4 Å². The van der Waals surface area contributed by atoms with Gasteiger partial charge in [-0.05, 0) is 71.4 Å². The first-order chi connectivity index (χ1) is 16.3. The number of hydrogen-bond acceptors (Lipinski definition) is 5. The fourth-order valence-corrected chi connectivity index (χ4v) is 4.22. The van der Waals surface area contributed by atoms with E-state index in [1.165, 1.54) is 6.20 Å². The molecule has 3 rings (SSSR count). The first kappa shape index (κ1) is 26.4. The standard InChI is InChI=1S/C25H31F3N4O3/c1-14-18(13-29-15(2)30-14)23(33)32-8-6-16(7-9-32)22(31-24(34)35-25(3,4)5)11-17-10-20(27)21(28)12-19(17)26/h10,12-13,16,22H,6-9,11H2,1-5H3,(H,31,34). The van der Waals surface area contributed by atoms with E-state index in [2.05, 4.69) is 15.3 Å². The predicted octanol–water partition coefficient (Wildman–Crippen LogP) is 4.50. The van der Waals surface area contributed by atoms with Crippen LogP contribution in [0.5, 0.6) is 0 Å². The molecule has 0 spiro atoms. The van der Waals surface area contributed by atoms with Crippen molar-refractivity contribution in [3.63, 3.8) is 0 Å². The van der Waals surface area contributed by atoms with Crippen molar-refractivity contribution in [2.24, 2.45) is 5.92 Å². The lowest BCUT2D eigenvalue weighted by molar-refractivity contribution is 0.0450. The van der Waals surface area contributed by atoms with Crippen LogP contribution in [-0.4, -0.2) is 51.6 Å². The summed E-state index contributed by atoms with van der Waals surface area (Å²) in [5.41, 5.74) is 0.242. The second kappa shape index (κ2) is 10.6. The van der Waals surface area contributed by atoms with E-state index in [-0.39, 0.29) is 23.8 Å². The van der Waals surface area contributed by atoms with Gasteiger partial charge in [-0.2, -0.15) is 0 Å². The molecule has 1 aromatic heterocycles. The summed E-state index contributed by atoms with van der Waals surface area (Å²) in [5.74, 6) is -3.06. The largest absolute Gasteiger partial charge is 0.444 e. The van der Waals surface area contributed by atoms with Gasteiger partial charge in [0.15, 0.2) is 11.6 Å². The van der Waals surface area contributed by atoms with E-state index < -0.39 is 35.2 Å². The van der Waals surface area contributed by atoms with Crippen molar-refractivity contribution in [1.82, 2.24) is 20.2 Å². The maximum atomic E-state index is 14.4. The number of piperidine rings is 1. The van der Waals surface area contributed by atoms with Gasteiger partial charge in [-0.25, -0.2) is 27.9 Å². The van der Waals surface area contributed by atoms with Gasteiger partial charge in [0.1, 0.15) is 17.2 Å². The Morgan fingerprint density at radius 1 is 1.11 bits per heavy atom. The van der Waals surface area contributed by atoms with Crippen LogP contribution in [0.15, 0.2) is 18.3 Å². The van der Waals surface area contributed by atoms with Crippen LogP contribution in [0.25, 0.3) is 0 Å². The van der Waals surface area contributed by atoms with Gasteiger partial charge in [-0.1, -0.05) is 0 Å². The number of aromatic nitrogens is 2. The number of carbonyl (C=O) groups excluding carboxylic acids is 2. The van der Waals surface area contributed by atoms with E-state index in [0.29, 0.717) is 49.1 Å². The number of rotatable bonds is 5. The lowest BCUT2D eigenvalue weighted by Gasteiger charge is -2.37. The Kier molecular flexibility index (Phi) is 8.02. The van der Waals surface area contributed by atoms with Crippen LogP contribution < -0.4 is 5.32 Å². The van der Waals surface area contributed by atoms with E-state index in [4.69, 9.17) is 4.74 Å². The van der Waals surface area contributed by atoms with Crippen LogP contribution in [0, 0.1) is 37.2 Å². The number of nitrogens with zero attached hydrogens (tertiary/aromatic N) is 3. The number of nitrogens with one attached hydrogen (secondary N) is 1. The van der Waals surface area contributed by atoms with Gasteiger partial charge in [-0.15, -0.1) is 0 Å². The van der Waals surface area contributed by atoms with Crippen molar-refractivity contribution in [2.45, 2.75) is 65.5 Å². The third kappa shape index (κ3) is 6.93. The van der Waals surface area contributed by atoms with E-state index >= 15 is 0 Å². The molecule has 1 fully saturated rings. The van der Waals surface area contributed by atoms with Crippen LogP contribution in [0.1, 0.15) is 61.1 Å². The summed E-state index contributed by atoms with van der Waals surface area (Å²) in [4.78, 5) is 35.5. The highest BCUT2D eigenvalue weighted by atomic mass is 19.2. The number of likely N-dealkylation sites (tertiary alicyclic amines) is 1. The molecule has 0 aliphatic carbocycles. The maximum absolute atomic E-state index is 14.4. The Morgan fingerprint density at radius 3 is 2.34 bits per heavy atom. The zero-order chi connectivity index (χ0) is 25.9. The van der Waals surface area contributed by atoms with Crippen molar-refractivity contribution in [2.75, 3.05) is 13.1 Å². The molecule has 2 heterocycles. The van der Waals surface area contributed by atoms with Gasteiger partial charge < -0.3 is 15.0 Å². The van der Waals surface area contributed by atoms with Crippen molar-refractivity contribution in [1.29, 1.82) is 0 Å². The lowest BCUT2D eigenvalue weighted by Crippen LogP contribution is -2.49. The Bertz CT molecular complexity index is 1100. The predicted molar refractivity (Wildman–Crippen MR) is 123 cm³/mol. The molecular weight excluding hydrogens is 461 g/mol. The maximum Gasteiger partial charge on any atom is 0.407 e. The molecule has 1 atom stereocenters. The second-order valence-electron chi connectivity index (χ2n) is 9.86. The summed E-state index contributed by atoms with van der Waals surface area (Å²) in [7, 11) is 0. The number of hydrogen-bond donors (Lipinski definition) is 1. The number of amides is 2. The fraction of sp³-hybridized carbons (Fsp3) is 0.520. The number of aryl methyl sites for hydroxylation is 2. The third-order valence-corrected chi connectivity index (χ3v) is 5.96. The van der Waals surface area contributed by atoms with E-state index in [0.717, 1.165) is 6.07 Å². The van der Waals surface area contributed by atoms with Crippen molar-refractivity contribution in [3.8, 4) is 0 Å². The lowest BCUT2D eigenvalue weighted by atomic mass is 9.85. The molecule has 2 aromatic rings. The zero-order valence-electron chi connectivity index (χ0n) is 20.6. The summed E-state index contributed by atoms with van der Waals surface area (Å²) < 4.78 is 46.9. The van der Waals surface area contributed by atoms with Gasteiger partial charge in [0.05, 0.1) is 11.3 Å². The van der Waals surface area contributed by atoms with Crippen molar-refractivity contribution < 1.29 is 27.5 Å². The molecule has 35 heavy (non-hydrogen) atoms. The van der Waals surface area contributed by atoms with Gasteiger partial charge in [-0.3, -0.25) is 4.79 Å². The molecule has 0 saturated carbocycles. The molecule has 1 N–H and O–H groups in total. The quantitative estimate of drug-likeness (QED) is 0.622. The molecule has 7 nitrogen and oxygen atoms in total. The molecule has 1 aliphatic heterocycles. The molecule has 0 radical (unpaired) electrons. The summed E-state index contributed by atoms with van der Waals surface area (Å²) in [5, 5.41) is 2.78. The molecular formula is C25H31F3N4O3. The Balaban J connectivity index is 1.75. The number of ether oxygens (including phenoxy) is 1. The molecule has 1 aliphatic rings. The Hall–Kier alpha value is -3.17. The van der Waals surface area contributed by atoms with Crippen LogP contribution in [0.4, 0.5) is 18.0 Å². The van der Waals surface area contributed by atoms with Gasteiger partial charge in [0.25, 0.3) is 5.91 Å². The fourth-order valence-electron chi connectivity index (χ4n) is 4.22. The minimum absolute atomic E-state index is 0.0455. The highest BCUT2D eigenvalue weighted by Crippen LogP contribution is 2.26. The van der Waals surface area contributed by atoms with Crippen molar-refractivity contribution >= 4 is 12.0 Å². The minimum atomic E-state index is -1.27. The topological polar surface area (TPSA) is 84.4 Å². The molecule has 190 valence electrons. The molecule has 10 heteroatoms. The summed E-state index contributed by atoms with van der Waals surface area (Å²) >= 11 is 0. The summed E-state index contributed by atoms with van der Waals surface area (Å²) in [6, 6.07) is 0.710. The van der Waals surface area contributed by atoms with Crippen LogP contribution >= 0.6 is 0 Å². The molecule has 1 saturated heterocycles. The summed E-state index contributed by atoms with van der Waals surface area (Å²) in [6.45, 7) is 9.48. The Labute approximate surface area is 203 Å². The van der Waals surface area contributed by atoms with Gasteiger partial charge in [0.2, 0.25) is 0 Å². The third-order valence-electron chi connectivity index (χ3n) is 5.96. The molecule has 0 bridgehead atoms. The first-order valence-electron chi connectivity index (χ1n) is 11.6. The number of alkyl carbamates (subject to hydrolysis) is 1. The summed E-state index contributed by atoms with van der Waals surface area (Å²) in [6.07, 6.45) is 1.82. The van der Waals surface area contributed by atoms with Gasteiger partial charge >= 0.3 is 6.09 Å². The monoisotopic (exact) mass is 492 g/mol. The first-order valence-corrected chi connectivity index (χ1v) is 11.6. The van der Waals surface area contributed by atoms with E-state index in [1.807, 2.05) is 0 Å². The number of halogens is 3. The SMILES string of the molecule is Cc1ncc(C(=O)N2CCC(C(Cc3cc(F)c(F)cc3F)NC(=O)OC(C)(C)C)CC2)c(C)n1.